The Hall–Kier alpha value is -0.715. The van der Waals surface area contributed by atoms with Crippen molar-refractivity contribution >= 4 is 13.3 Å². The number of benzene rings is 1. The normalized spacial score (nSPS) is 29.3. The molecule has 3 rings (SSSR count). The molecule has 2 fully saturated rings. The van der Waals surface area contributed by atoms with Crippen LogP contribution in [-0.4, -0.2) is 7.85 Å². The minimum atomic E-state index is 0.792. The number of hydrogen-bond donors (Lipinski definition) is 0. The maximum Gasteiger partial charge on any atom is 0.113 e. The Morgan fingerprint density at radius 2 is 1.26 bits per heavy atom. The predicted octanol–water partition coefficient (Wildman–Crippen LogP) is 4.33. The molecular formula is C18H25B. The topological polar surface area (TPSA) is 0 Å². The summed E-state index contributed by atoms with van der Waals surface area (Å²) in [7, 11) is 5.78. The van der Waals surface area contributed by atoms with E-state index >= 15 is 0 Å². The SMILES string of the molecule is [B]c1ccc(C2CCC(C3CCCCC3)CC2)cc1. The van der Waals surface area contributed by atoms with E-state index in [0.717, 1.165) is 23.2 Å². The molecular weight excluding hydrogens is 227 g/mol. The van der Waals surface area contributed by atoms with Crippen LogP contribution in [-0.2, 0) is 0 Å². The summed E-state index contributed by atoms with van der Waals surface area (Å²) in [6, 6.07) is 8.59. The molecule has 0 unspecified atom stereocenters. The second-order valence-corrected chi connectivity index (χ2v) is 6.68. The monoisotopic (exact) mass is 252 g/mol. The van der Waals surface area contributed by atoms with Gasteiger partial charge in [0.1, 0.15) is 7.85 Å². The van der Waals surface area contributed by atoms with Crippen LogP contribution >= 0.6 is 0 Å². The largest absolute Gasteiger partial charge is 0.113 e. The van der Waals surface area contributed by atoms with E-state index in [1.54, 1.807) is 0 Å². The van der Waals surface area contributed by atoms with E-state index in [-0.39, 0.29) is 0 Å². The van der Waals surface area contributed by atoms with Crippen molar-refractivity contribution in [1.29, 1.82) is 0 Å². The lowest BCUT2D eigenvalue weighted by Gasteiger charge is -2.36. The predicted molar refractivity (Wildman–Crippen MR) is 83.1 cm³/mol. The van der Waals surface area contributed by atoms with Gasteiger partial charge in [-0.2, -0.15) is 0 Å². The molecule has 2 aliphatic carbocycles. The third-order valence-corrected chi connectivity index (χ3v) is 5.50. The summed E-state index contributed by atoms with van der Waals surface area (Å²) in [5.41, 5.74) is 2.40. The number of hydrogen-bond acceptors (Lipinski definition) is 0. The summed E-state index contributed by atoms with van der Waals surface area (Å²) in [6.45, 7) is 0. The minimum absolute atomic E-state index is 0.792. The van der Waals surface area contributed by atoms with Crippen molar-refractivity contribution < 1.29 is 0 Å². The highest BCUT2D eigenvalue weighted by Gasteiger charge is 2.28. The first-order valence-corrected chi connectivity index (χ1v) is 8.18. The zero-order valence-corrected chi connectivity index (χ0v) is 12.0. The highest BCUT2D eigenvalue weighted by Crippen LogP contribution is 2.42. The van der Waals surface area contributed by atoms with Crippen LogP contribution < -0.4 is 5.46 Å². The van der Waals surface area contributed by atoms with Crippen molar-refractivity contribution in [1.82, 2.24) is 0 Å². The lowest BCUT2D eigenvalue weighted by Crippen LogP contribution is -2.23. The van der Waals surface area contributed by atoms with Gasteiger partial charge in [-0.15, -0.1) is 0 Å². The van der Waals surface area contributed by atoms with Gasteiger partial charge in [-0.3, -0.25) is 0 Å². The van der Waals surface area contributed by atoms with Crippen molar-refractivity contribution in [3.05, 3.63) is 29.8 Å². The Bertz CT molecular complexity index is 381. The third kappa shape index (κ3) is 3.24. The second-order valence-electron chi connectivity index (χ2n) is 6.68. The van der Waals surface area contributed by atoms with Gasteiger partial charge in [0.2, 0.25) is 0 Å². The van der Waals surface area contributed by atoms with Gasteiger partial charge in [-0.1, -0.05) is 61.8 Å². The summed E-state index contributed by atoms with van der Waals surface area (Å²) in [4.78, 5) is 0. The Labute approximate surface area is 119 Å². The van der Waals surface area contributed by atoms with E-state index in [0.29, 0.717) is 0 Å². The molecule has 2 saturated carbocycles. The molecule has 1 aromatic rings. The molecule has 0 heterocycles. The molecule has 0 spiro atoms. The Morgan fingerprint density at radius 1 is 0.684 bits per heavy atom. The first kappa shape index (κ1) is 13.3. The van der Waals surface area contributed by atoms with E-state index in [1.165, 1.54) is 63.4 Å². The lowest BCUT2D eigenvalue weighted by molar-refractivity contribution is 0.186. The van der Waals surface area contributed by atoms with Gasteiger partial charge >= 0.3 is 0 Å². The fourth-order valence-electron chi connectivity index (χ4n) is 4.30. The van der Waals surface area contributed by atoms with Gasteiger partial charge in [0.25, 0.3) is 0 Å². The van der Waals surface area contributed by atoms with Gasteiger partial charge in [0.15, 0.2) is 0 Å². The highest BCUT2D eigenvalue weighted by molar-refractivity contribution is 6.32. The third-order valence-electron chi connectivity index (χ3n) is 5.50. The summed E-state index contributed by atoms with van der Waals surface area (Å²) in [5.74, 6) is 2.88. The summed E-state index contributed by atoms with van der Waals surface area (Å²) in [5, 5.41) is 0. The highest BCUT2D eigenvalue weighted by atomic mass is 14.3. The van der Waals surface area contributed by atoms with Gasteiger partial charge in [0.05, 0.1) is 0 Å². The molecule has 2 radical (unpaired) electrons. The molecule has 2 aliphatic rings. The summed E-state index contributed by atoms with van der Waals surface area (Å²) < 4.78 is 0. The van der Waals surface area contributed by atoms with Crippen LogP contribution in [0.25, 0.3) is 0 Å². The summed E-state index contributed by atoms with van der Waals surface area (Å²) in [6.07, 6.45) is 13.2. The molecule has 0 aromatic heterocycles. The first-order valence-electron chi connectivity index (χ1n) is 8.18. The molecule has 0 atom stereocenters. The molecule has 0 aliphatic heterocycles. The van der Waals surface area contributed by atoms with Crippen molar-refractivity contribution in [2.45, 2.75) is 63.7 Å². The van der Waals surface area contributed by atoms with Crippen LogP contribution in [0.4, 0.5) is 0 Å². The van der Waals surface area contributed by atoms with E-state index in [4.69, 9.17) is 7.85 Å². The smallest absolute Gasteiger partial charge is 0.0967 e. The summed E-state index contributed by atoms with van der Waals surface area (Å²) >= 11 is 0. The maximum atomic E-state index is 5.78. The minimum Gasteiger partial charge on any atom is -0.0967 e. The quantitative estimate of drug-likeness (QED) is 0.687. The molecule has 19 heavy (non-hydrogen) atoms. The molecule has 0 saturated heterocycles. The van der Waals surface area contributed by atoms with Crippen LogP contribution in [0.2, 0.25) is 0 Å². The van der Waals surface area contributed by atoms with Gasteiger partial charge in [0, 0.05) is 0 Å². The van der Waals surface area contributed by atoms with Crippen molar-refractivity contribution in [2.24, 2.45) is 11.8 Å². The first-order chi connectivity index (χ1) is 9.33. The van der Waals surface area contributed by atoms with Gasteiger partial charge < -0.3 is 0 Å². The van der Waals surface area contributed by atoms with Crippen LogP contribution in [0.3, 0.4) is 0 Å². The Balaban J connectivity index is 1.55. The van der Waals surface area contributed by atoms with E-state index in [9.17, 15) is 0 Å². The average molecular weight is 252 g/mol. The Kier molecular flexibility index (Phi) is 4.30. The zero-order valence-electron chi connectivity index (χ0n) is 12.0. The average Bonchev–Trinajstić information content (AvgIpc) is 2.49. The molecule has 0 nitrogen and oxygen atoms in total. The standard InChI is InChI=1S/C18H25B/c19-18-12-10-17(11-13-18)16-8-6-15(7-9-16)14-4-2-1-3-5-14/h10-16H,1-9H2. The van der Waals surface area contributed by atoms with Crippen LogP contribution in [0, 0.1) is 11.8 Å². The fourth-order valence-corrected chi connectivity index (χ4v) is 4.30. The van der Waals surface area contributed by atoms with Gasteiger partial charge in [-0.05, 0) is 49.0 Å². The maximum absolute atomic E-state index is 5.78. The fraction of sp³-hybridized carbons (Fsp3) is 0.667. The van der Waals surface area contributed by atoms with Crippen LogP contribution in [0.5, 0.6) is 0 Å². The van der Waals surface area contributed by atoms with Crippen molar-refractivity contribution in [2.75, 3.05) is 0 Å². The van der Waals surface area contributed by atoms with E-state index in [2.05, 4.69) is 24.3 Å². The molecule has 1 aromatic carbocycles. The lowest BCUT2D eigenvalue weighted by atomic mass is 9.70. The van der Waals surface area contributed by atoms with Crippen molar-refractivity contribution in [3.8, 4) is 0 Å². The van der Waals surface area contributed by atoms with E-state index in [1.807, 2.05) is 0 Å². The molecule has 100 valence electrons. The molecule has 0 bridgehead atoms. The van der Waals surface area contributed by atoms with E-state index < -0.39 is 0 Å². The van der Waals surface area contributed by atoms with Gasteiger partial charge in [-0.25, -0.2) is 0 Å². The van der Waals surface area contributed by atoms with Crippen LogP contribution in [0.1, 0.15) is 69.3 Å². The van der Waals surface area contributed by atoms with Crippen LogP contribution in [0.15, 0.2) is 24.3 Å². The Morgan fingerprint density at radius 3 is 1.89 bits per heavy atom. The molecule has 0 amide bonds. The second kappa shape index (κ2) is 6.16. The molecule has 1 heteroatoms. The molecule has 0 N–H and O–H groups in total. The number of rotatable bonds is 2. The van der Waals surface area contributed by atoms with Crippen molar-refractivity contribution in [3.63, 3.8) is 0 Å². The zero-order chi connectivity index (χ0) is 13.1.